The van der Waals surface area contributed by atoms with Gasteiger partial charge in [-0.05, 0) is 29.7 Å². The maximum atomic E-state index is 12.8. The fourth-order valence-corrected chi connectivity index (χ4v) is 3.44. The Kier molecular flexibility index (Phi) is 6.07. The van der Waals surface area contributed by atoms with E-state index in [1.807, 2.05) is 30.3 Å². The van der Waals surface area contributed by atoms with Gasteiger partial charge in [-0.2, -0.15) is 0 Å². The Balaban J connectivity index is 1.29. The summed E-state index contributed by atoms with van der Waals surface area (Å²) >= 11 is 0. The third-order valence-electron chi connectivity index (χ3n) is 5.15. The van der Waals surface area contributed by atoms with Crippen LogP contribution in [0.4, 0.5) is 4.79 Å². The van der Waals surface area contributed by atoms with E-state index in [-0.39, 0.29) is 18.1 Å². The highest BCUT2D eigenvalue weighted by Crippen LogP contribution is 2.16. The van der Waals surface area contributed by atoms with Crippen molar-refractivity contribution in [2.24, 2.45) is 0 Å². The standard InChI is InChI=1S/C23H22N4O4/c28-21-19-10-11-27(13-20(19)25-15-26-21)22(29)18-8-6-16(7-9-18)12-24-23(30)31-14-17-4-2-1-3-5-17/h1-9,15H,10-14H2,(H,24,30)(H,25,26,28). The summed E-state index contributed by atoms with van der Waals surface area (Å²) in [5, 5.41) is 2.70. The fourth-order valence-electron chi connectivity index (χ4n) is 3.44. The van der Waals surface area contributed by atoms with E-state index in [4.69, 9.17) is 4.74 Å². The summed E-state index contributed by atoms with van der Waals surface area (Å²) in [5.74, 6) is -0.116. The number of benzene rings is 2. The molecule has 1 aliphatic heterocycles. The molecular weight excluding hydrogens is 396 g/mol. The molecule has 4 rings (SSSR count). The minimum atomic E-state index is -0.501. The maximum absolute atomic E-state index is 12.8. The van der Waals surface area contributed by atoms with Crippen LogP contribution in [0, 0.1) is 0 Å². The molecule has 0 atom stereocenters. The number of hydrogen-bond acceptors (Lipinski definition) is 5. The molecule has 31 heavy (non-hydrogen) atoms. The molecule has 0 saturated heterocycles. The van der Waals surface area contributed by atoms with Crippen LogP contribution in [0.1, 0.15) is 32.7 Å². The number of carbonyl (C=O) groups is 2. The van der Waals surface area contributed by atoms with Gasteiger partial charge in [-0.3, -0.25) is 9.59 Å². The molecule has 158 valence electrons. The van der Waals surface area contributed by atoms with Crippen molar-refractivity contribution >= 4 is 12.0 Å². The maximum Gasteiger partial charge on any atom is 0.407 e. The van der Waals surface area contributed by atoms with Crippen LogP contribution in [0.2, 0.25) is 0 Å². The molecule has 1 aromatic heterocycles. The summed E-state index contributed by atoms with van der Waals surface area (Å²) in [6.07, 6.45) is 1.34. The van der Waals surface area contributed by atoms with Crippen LogP contribution in [-0.2, 0) is 30.9 Å². The Labute approximate surface area is 178 Å². The van der Waals surface area contributed by atoms with Crippen LogP contribution < -0.4 is 10.9 Å². The van der Waals surface area contributed by atoms with Crippen molar-refractivity contribution in [1.29, 1.82) is 0 Å². The van der Waals surface area contributed by atoms with Crippen LogP contribution in [0.25, 0.3) is 0 Å². The zero-order valence-electron chi connectivity index (χ0n) is 16.8. The summed E-state index contributed by atoms with van der Waals surface area (Å²) in [6.45, 7) is 1.29. The SMILES string of the molecule is O=C(NCc1ccc(C(=O)N2CCc3c(nc[nH]c3=O)C2)cc1)OCc1ccccc1. The minimum Gasteiger partial charge on any atom is -0.445 e. The van der Waals surface area contributed by atoms with Gasteiger partial charge in [-0.25, -0.2) is 9.78 Å². The molecule has 0 bridgehead atoms. The second kappa shape index (κ2) is 9.25. The molecule has 8 nitrogen and oxygen atoms in total. The minimum absolute atomic E-state index is 0.116. The van der Waals surface area contributed by atoms with Gasteiger partial charge in [0.15, 0.2) is 0 Å². The Morgan fingerprint density at radius 2 is 1.84 bits per heavy atom. The average molecular weight is 418 g/mol. The summed E-state index contributed by atoms with van der Waals surface area (Å²) in [4.78, 5) is 45.0. The summed E-state index contributed by atoms with van der Waals surface area (Å²) in [5.41, 5.74) is 3.45. The van der Waals surface area contributed by atoms with E-state index in [0.717, 1.165) is 11.1 Å². The van der Waals surface area contributed by atoms with Gasteiger partial charge in [-0.15, -0.1) is 0 Å². The predicted octanol–water partition coefficient (Wildman–Crippen LogP) is 2.39. The van der Waals surface area contributed by atoms with E-state index in [9.17, 15) is 14.4 Å². The summed E-state index contributed by atoms with van der Waals surface area (Å²) < 4.78 is 5.19. The lowest BCUT2D eigenvalue weighted by Gasteiger charge is -2.27. The van der Waals surface area contributed by atoms with Crippen molar-refractivity contribution in [3.63, 3.8) is 0 Å². The number of alkyl carbamates (subject to hydrolysis) is 1. The molecule has 8 heteroatoms. The average Bonchev–Trinajstić information content (AvgIpc) is 2.82. The van der Waals surface area contributed by atoms with Gasteiger partial charge in [0.05, 0.1) is 18.6 Å². The van der Waals surface area contributed by atoms with Gasteiger partial charge < -0.3 is 19.9 Å². The lowest BCUT2D eigenvalue weighted by Crippen LogP contribution is -2.38. The Morgan fingerprint density at radius 3 is 2.61 bits per heavy atom. The molecule has 2 aromatic carbocycles. The number of rotatable bonds is 5. The quantitative estimate of drug-likeness (QED) is 0.662. The van der Waals surface area contributed by atoms with Crippen molar-refractivity contribution in [2.45, 2.75) is 26.1 Å². The molecule has 0 spiro atoms. The van der Waals surface area contributed by atoms with E-state index in [0.29, 0.717) is 42.9 Å². The Bertz CT molecular complexity index is 1130. The first-order valence-electron chi connectivity index (χ1n) is 9.98. The number of ether oxygens (including phenoxy) is 1. The molecule has 3 aromatic rings. The number of hydrogen-bond donors (Lipinski definition) is 2. The normalized spacial score (nSPS) is 12.7. The van der Waals surface area contributed by atoms with Crippen LogP contribution in [-0.4, -0.2) is 33.4 Å². The monoisotopic (exact) mass is 418 g/mol. The molecule has 1 aliphatic rings. The number of carbonyl (C=O) groups excluding carboxylic acids is 2. The predicted molar refractivity (Wildman–Crippen MR) is 113 cm³/mol. The molecule has 2 N–H and O–H groups in total. The highest BCUT2D eigenvalue weighted by molar-refractivity contribution is 5.94. The fraction of sp³-hybridized carbons (Fsp3) is 0.217. The Hall–Kier alpha value is -3.94. The second-order valence-corrected chi connectivity index (χ2v) is 7.25. The van der Waals surface area contributed by atoms with E-state index in [1.54, 1.807) is 29.2 Å². The van der Waals surface area contributed by atoms with E-state index >= 15 is 0 Å². The van der Waals surface area contributed by atoms with E-state index < -0.39 is 6.09 Å². The summed E-state index contributed by atoms with van der Waals surface area (Å²) in [7, 11) is 0. The molecule has 0 radical (unpaired) electrons. The lowest BCUT2D eigenvalue weighted by molar-refractivity contribution is 0.0731. The first-order valence-corrected chi connectivity index (χ1v) is 9.98. The first-order chi connectivity index (χ1) is 15.1. The van der Waals surface area contributed by atoms with Crippen molar-refractivity contribution in [3.05, 3.63) is 99.2 Å². The van der Waals surface area contributed by atoms with Crippen LogP contribution >= 0.6 is 0 Å². The van der Waals surface area contributed by atoms with Gasteiger partial charge >= 0.3 is 6.09 Å². The molecule has 0 aliphatic carbocycles. The highest BCUT2D eigenvalue weighted by atomic mass is 16.5. The third-order valence-corrected chi connectivity index (χ3v) is 5.15. The smallest absolute Gasteiger partial charge is 0.407 e. The van der Waals surface area contributed by atoms with Gasteiger partial charge in [0.2, 0.25) is 0 Å². The molecule has 2 amide bonds. The molecule has 2 heterocycles. The number of aromatic amines is 1. The number of amides is 2. The second-order valence-electron chi connectivity index (χ2n) is 7.25. The third kappa shape index (κ3) is 4.98. The zero-order chi connectivity index (χ0) is 21.6. The largest absolute Gasteiger partial charge is 0.445 e. The van der Waals surface area contributed by atoms with E-state index in [2.05, 4.69) is 15.3 Å². The van der Waals surface area contributed by atoms with Gasteiger partial charge in [0.25, 0.3) is 11.5 Å². The number of H-pyrrole nitrogens is 1. The van der Waals surface area contributed by atoms with Gasteiger partial charge in [-0.1, -0.05) is 42.5 Å². The topological polar surface area (TPSA) is 104 Å². The first kappa shape index (κ1) is 20.3. The van der Waals surface area contributed by atoms with Crippen LogP contribution in [0.3, 0.4) is 0 Å². The molecule has 0 fully saturated rings. The number of aromatic nitrogens is 2. The van der Waals surface area contributed by atoms with Gasteiger partial charge in [0, 0.05) is 24.2 Å². The lowest BCUT2D eigenvalue weighted by atomic mass is 10.0. The van der Waals surface area contributed by atoms with Crippen molar-refractivity contribution in [2.75, 3.05) is 6.54 Å². The van der Waals surface area contributed by atoms with Gasteiger partial charge in [0.1, 0.15) is 6.61 Å². The van der Waals surface area contributed by atoms with Crippen molar-refractivity contribution in [3.8, 4) is 0 Å². The van der Waals surface area contributed by atoms with Crippen LogP contribution in [0.15, 0.2) is 65.7 Å². The van der Waals surface area contributed by atoms with Crippen LogP contribution in [0.5, 0.6) is 0 Å². The Morgan fingerprint density at radius 1 is 1.06 bits per heavy atom. The molecule has 0 unspecified atom stereocenters. The number of fused-ring (bicyclic) bond motifs is 1. The molecular formula is C23H22N4O4. The zero-order valence-corrected chi connectivity index (χ0v) is 16.8. The molecule has 0 saturated carbocycles. The summed E-state index contributed by atoms with van der Waals surface area (Å²) in [6, 6.07) is 16.5. The number of nitrogens with one attached hydrogen (secondary N) is 2. The number of nitrogens with zero attached hydrogens (tertiary/aromatic N) is 2. The highest BCUT2D eigenvalue weighted by Gasteiger charge is 2.24. The van der Waals surface area contributed by atoms with E-state index in [1.165, 1.54) is 6.33 Å². The van der Waals surface area contributed by atoms with Crippen molar-refractivity contribution in [1.82, 2.24) is 20.2 Å². The van der Waals surface area contributed by atoms with Crippen molar-refractivity contribution < 1.29 is 14.3 Å².